The molecule has 5 heteroatoms. The molecule has 0 atom stereocenters. The summed E-state index contributed by atoms with van der Waals surface area (Å²) in [6.07, 6.45) is 2.75. The van der Waals surface area contributed by atoms with Crippen molar-refractivity contribution in [1.82, 2.24) is 15.1 Å². The van der Waals surface area contributed by atoms with E-state index < -0.39 is 0 Å². The molecule has 0 fully saturated rings. The number of hydrogen-bond donors (Lipinski definition) is 2. The second-order valence-corrected chi connectivity index (χ2v) is 9.42. The predicted octanol–water partition coefficient (Wildman–Crippen LogP) is 6.27. The van der Waals surface area contributed by atoms with Crippen LogP contribution in [0.1, 0.15) is 49.9 Å². The predicted molar refractivity (Wildman–Crippen MR) is 136 cm³/mol. The van der Waals surface area contributed by atoms with E-state index in [2.05, 4.69) is 73.8 Å². The first-order chi connectivity index (χ1) is 15.8. The van der Waals surface area contributed by atoms with Gasteiger partial charge in [-0.1, -0.05) is 82.3 Å². The van der Waals surface area contributed by atoms with Crippen molar-refractivity contribution in [2.75, 3.05) is 5.32 Å². The number of amides is 2. The van der Waals surface area contributed by atoms with Crippen LogP contribution < -0.4 is 10.6 Å². The van der Waals surface area contributed by atoms with Crippen LogP contribution >= 0.6 is 0 Å². The van der Waals surface area contributed by atoms with Gasteiger partial charge < -0.3 is 10.6 Å². The molecule has 3 aromatic carbocycles. The third kappa shape index (κ3) is 5.25. The smallest absolute Gasteiger partial charge is 0.319 e. The summed E-state index contributed by atoms with van der Waals surface area (Å²) in [6, 6.07) is 22.4. The molecule has 170 valence electrons. The second kappa shape index (κ2) is 9.49. The van der Waals surface area contributed by atoms with Crippen LogP contribution in [0.25, 0.3) is 10.9 Å². The van der Waals surface area contributed by atoms with E-state index in [-0.39, 0.29) is 11.4 Å². The topological polar surface area (TPSA) is 59.0 Å². The summed E-state index contributed by atoms with van der Waals surface area (Å²) >= 11 is 0. The molecule has 33 heavy (non-hydrogen) atoms. The lowest BCUT2D eigenvalue weighted by Crippen LogP contribution is -2.28. The van der Waals surface area contributed by atoms with Gasteiger partial charge in [-0.3, -0.25) is 4.68 Å². The fourth-order valence-electron chi connectivity index (χ4n) is 4.03. The van der Waals surface area contributed by atoms with E-state index in [1.807, 2.05) is 47.3 Å². The van der Waals surface area contributed by atoms with Gasteiger partial charge in [-0.05, 0) is 46.2 Å². The molecule has 0 radical (unpaired) electrons. The highest BCUT2D eigenvalue weighted by molar-refractivity contribution is 6.00. The summed E-state index contributed by atoms with van der Waals surface area (Å²) < 4.78 is 1.96. The molecule has 0 saturated heterocycles. The minimum Gasteiger partial charge on any atom is -0.334 e. The Kier molecular flexibility index (Phi) is 6.50. The normalized spacial score (nSPS) is 11.5. The Hall–Kier alpha value is -3.60. The largest absolute Gasteiger partial charge is 0.334 e. The first-order valence-electron chi connectivity index (χ1n) is 11.5. The number of nitrogens with zero attached hydrogens (tertiary/aromatic N) is 2. The third-order valence-electron chi connectivity index (χ3n) is 6.00. The molecule has 1 heterocycles. The Balaban J connectivity index is 1.45. The maximum atomic E-state index is 12.7. The van der Waals surface area contributed by atoms with E-state index in [1.54, 1.807) is 0 Å². The number of benzene rings is 3. The van der Waals surface area contributed by atoms with Crippen LogP contribution in [-0.4, -0.2) is 15.8 Å². The first kappa shape index (κ1) is 22.6. The molecule has 0 aliphatic carbocycles. The molecule has 4 rings (SSSR count). The van der Waals surface area contributed by atoms with Gasteiger partial charge in [0.05, 0.1) is 23.9 Å². The van der Waals surface area contributed by atoms with E-state index in [4.69, 9.17) is 0 Å². The number of urea groups is 1. The Labute approximate surface area is 195 Å². The van der Waals surface area contributed by atoms with Crippen LogP contribution in [-0.2, 0) is 24.9 Å². The molecule has 5 nitrogen and oxygen atoms in total. The zero-order valence-corrected chi connectivity index (χ0v) is 19.9. The SMILES string of the molecule is CCc1cc(C(C)(C)C)ccc1CNC(=O)Nc1cccc2c1cnn2Cc1ccccc1. The van der Waals surface area contributed by atoms with Crippen molar-refractivity contribution in [3.8, 4) is 0 Å². The Morgan fingerprint density at radius 3 is 2.48 bits per heavy atom. The van der Waals surface area contributed by atoms with Crippen LogP contribution in [0.5, 0.6) is 0 Å². The van der Waals surface area contributed by atoms with Gasteiger partial charge in [-0.25, -0.2) is 4.79 Å². The number of nitrogens with one attached hydrogen (secondary N) is 2. The molecule has 0 aliphatic rings. The Morgan fingerprint density at radius 1 is 0.970 bits per heavy atom. The van der Waals surface area contributed by atoms with Gasteiger partial charge in [0, 0.05) is 11.9 Å². The summed E-state index contributed by atoms with van der Waals surface area (Å²) in [7, 11) is 0. The Bertz CT molecular complexity index is 1250. The summed E-state index contributed by atoms with van der Waals surface area (Å²) in [5.74, 6) is 0. The van der Waals surface area contributed by atoms with Crippen LogP contribution in [0.2, 0.25) is 0 Å². The number of carbonyl (C=O) groups is 1. The first-order valence-corrected chi connectivity index (χ1v) is 11.5. The molecular formula is C28H32N4O. The van der Waals surface area contributed by atoms with Gasteiger partial charge in [-0.15, -0.1) is 0 Å². The van der Waals surface area contributed by atoms with Gasteiger partial charge in [0.1, 0.15) is 0 Å². The number of fused-ring (bicyclic) bond motifs is 1. The Morgan fingerprint density at radius 2 is 1.76 bits per heavy atom. The number of anilines is 1. The van der Waals surface area contributed by atoms with Crippen molar-refractivity contribution in [2.24, 2.45) is 0 Å². The second-order valence-electron chi connectivity index (χ2n) is 9.42. The van der Waals surface area contributed by atoms with E-state index in [0.29, 0.717) is 13.1 Å². The molecule has 0 spiro atoms. The van der Waals surface area contributed by atoms with Crippen molar-refractivity contribution in [1.29, 1.82) is 0 Å². The van der Waals surface area contributed by atoms with Crippen molar-refractivity contribution in [3.05, 3.63) is 95.2 Å². The van der Waals surface area contributed by atoms with Gasteiger partial charge >= 0.3 is 6.03 Å². The molecule has 0 aliphatic heterocycles. The highest BCUT2D eigenvalue weighted by atomic mass is 16.2. The maximum Gasteiger partial charge on any atom is 0.319 e. The van der Waals surface area contributed by atoms with Crippen LogP contribution in [0.4, 0.5) is 10.5 Å². The van der Waals surface area contributed by atoms with Gasteiger partial charge in [-0.2, -0.15) is 5.10 Å². The van der Waals surface area contributed by atoms with Crippen molar-refractivity contribution < 1.29 is 4.79 Å². The fourth-order valence-corrected chi connectivity index (χ4v) is 4.03. The number of aryl methyl sites for hydroxylation is 1. The van der Waals surface area contributed by atoms with Crippen molar-refractivity contribution >= 4 is 22.6 Å². The maximum absolute atomic E-state index is 12.7. The fraction of sp³-hybridized carbons (Fsp3) is 0.286. The quantitative estimate of drug-likeness (QED) is 0.371. The summed E-state index contributed by atoms with van der Waals surface area (Å²) in [5, 5.41) is 11.5. The van der Waals surface area contributed by atoms with E-state index in [1.165, 1.54) is 16.7 Å². The minimum absolute atomic E-state index is 0.108. The lowest BCUT2D eigenvalue weighted by Gasteiger charge is -2.21. The van der Waals surface area contributed by atoms with Crippen molar-refractivity contribution in [3.63, 3.8) is 0 Å². The zero-order chi connectivity index (χ0) is 23.4. The molecule has 4 aromatic rings. The van der Waals surface area contributed by atoms with E-state index >= 15 is 0 Å². The molecule has 2 amide bonds. The molecule has 0 saturated carbocycles. The van der Waals surface area contributed by atoms with Gasteiger partial charge in [0.15, 0.2) is 0 Å². The van der Waals surface area contributed by atoms with Gasteiger partial charge in [0.2, 0.25) is 0 Å². The summed E-state index contributed by atoms with van der Waals surface area (Å²) in [6.45, 7) is 9.98. The molecular weight excluding hydrogens is 408 g/mol. The zero-order valence-electron chi connectivity index (χ0n) is 19.9. The van der Waals surface area contributed by atoms with Crippen LogP contribution in [0.3, 0.4) is 0 Å². The number of rotatable bonds is 6. The molecule has 0 bridgehead atoms. The van der Waals surface area contributed by atoms with Gasteiger partial charge in [0.25, 0.3) is 0 Å². The number of aromatic nitrogens is 2. The summed E-state index contributed by atoms with van der Waals surface area (Å²) in [4.78, 5) is 12.7. The van der Waals surface area contributed by atoms with Crippen LogP contribution in [0.15, 0.2) is 72.9 Å². The molecule has 0 unspecified atom stereocenters. The van der Waals surface area contributed by atoms with E-state index in [0.717, 1.165) is 28.6 Å². The summed E-state index contributed by atoms with van der Waals surface area (Å²) in [5.41, 5.74) is 6.76. The van der Waals surface area contributed by atoms with Crippen LogP contribution in [0, 0.1) is 0 Å². The third-order valence-corrected chi connectivity index (χ3v) is 6.00. The highest BCUT2D eigenvalue weighted by Crippen LogP contribution is 2.26. The van der Waals surface area contributed by atoms with E-state index in [9.17, 15) is 4.79 Å². The lowest BCUT2D eigenvalue weighted by molar-refractivity contribution is 0.251. The number of carbonyl (C=O) groups excluding carboxylic acids is 1. The number of hydrogen-bond acceptors (Lipinski definition) is 2. The lowest BCUT2D eigenvalue weighted by atomic mass is 9.85. The molecule has 2 N–H and O–H groups in total. The average Bonchev–Trinajstić information content (AvgIpc) is 3.21. The van der Waals surface area contributed by atoms with Crippen molar-refractivity contribution in [2.45, 2.75) is 52.6 Å². The minimum atomic E-state index is -0.222. The monoisotopic (exact) mass is 440 g/mol. The standard InChI is InChI=1S/C28H32N4O/c1-5-21-16-23(28(2,3)4)15-14-22(21)17-29-27(33)31-25-12-9-13-26-24(25)18-30-32(26)19-20-10-7-6-8-11-20/h6-16,18H,5,17,19H2,1-4H3,(H2,29,31,33). The molecule has 1 aromatic heterocycles. The average molecular weight is 441 g/mol. The highest BCUT2D eigenvalue weighted by Gasteiger charge is 2.16.